The highest BCUT2D eigenvalue weighted by Crippen LogP contribution is 2.18. The molecule has 5 nitrogen and oxygen atoms in total. The summed E-state index contributed by atoms with van der Waals surface area (Å²) in [7, 11) is 1.42. The number of aliphatic hydroxyl groups excluding tert-OH is 1. The molecule has 2 N–H and O–H groups in total. The Hall–Kier alpha value is -1.66. The van der Waals surface area contributed by atoms with E-state index in [4.69, 9.17) is 9.84 Å². The molecule has 1 aromatic carbocycles. The van der Waals surface area contributed by atoms with E-state index in [1.807, 2.05) is 0 Å². The predicted molar refractivity (Wildman–Crippen MR) is 56.7 cm³/mol. The number of aromatic carboxylic acids is 1. The first-order chi connectivity index (χ1) is 8.04. The summed E-state index contributed by atoms with van der Waals surface area (Å²) in [6.45, 7) is -0.0496. The number of rotatable bonds is 6. The highest BCUT2D eigenvalue weighted by molar-refractivity contribution is 5.87. The molecule has 0 aliphatic carbocycles. The van der Waals surface area contributed by atoms with Gasteiger partial charge in [-0.05, 0) is 18.2 Å². The minimum Gasteiger partial charge on any atom is -0.488 e. The van der Waals surface area contributed by atoms with E-state index >= 15 is 0 Å². The minimum absolute atomic E-state index is 0.0782. The summed E-state index contributed by atoms with van der Waals surface area (Å²) in [5, 5.41) is 17.9. The van der Waals surface area contributed by atoms with E-state index in [0.717, 1.165) is 6.07 Å². The molecule has 0 aliphatic heterocycles. The van der Waals surface area contributed by atoms with Crippen LogP contribution in [0.5, 0.6) is 5.75 Å². The van der Waals surface area contributed by atoms with Gasteiger partial charge >= 0.3 is 5.97 Å². The van der Waals surface area contributed by atoms with Gasteiger partial charge in [0.05, 0.1) is 12.2 Å². The first-order valence-electron chi connectivity index (χ1n) is 4.87. The molecular formula is C11H13FO5. The average Bonchev–Trinajstić information content (AvgIpc) is 2.27. The van der Waals surface area contributed by atoms with Crippen molar-refractivity contribution in [2.75, 3.05) is 20.3 Å². The van der Waals surface area contributed by atoms with Gasteiger partial charge in [-0.25, -0.2) is 9.18 Å². The molecular weight excluding hydrogens is 231 g/mol. The van der Waals surface area contributed by atoms with Gasteiger partial charge in [0.25, 0.3) is 0 Å². The zero-order valence-corrected chi connectivity index (χ0v) is 9.22. The molecule has 0 heterocycles. The van der Waals surface area contributed by atoms with Crippen LogP contribution >= 0.6 is 0 Å². The number of carboxylic acids is 1. The summed E-state index contributed by atoms with van der Waals surface area (Å²) >= 11 is 0. The first-order valence-corrected chi connectivity index (χ1v) is 4.87. The number of methoxy groups -OCH3 is 1. The molecule has 17 heavy (non-hydrogen) atoms. The molecule has 1 atom stereocenters. The van der Waals surface area contributed by atoms with Crippen molar-refractivity contribution in [1.29, 1.82) is 0 Å². The lowest BCUT2D eigenvalue weighted by Gasteiger charge is -2.12. The molecule has 0 spiro atoms. The molecule has 94 valence electrons. The maximum atomic E-state index is 13.3. The quantitative estimate of drug-likeness (QED) is 0.777. The Kier molecular flexibility index (Phi) is 4.86. The summed E-state index contributed by atoms with van der Waals surface area (Å²) < 4.78 is 23.0. The van der Waals surface area contributed by atoms with E-state index in [2.05, 4.69) is 4.74 Å². The van der Waals surface area contributed by atoms with Crippen LogP contribution in [0.1, 0.15) is 10.4 Å². The van der Waals surface area contributed by atoms with Crippen LogP contribution in [0.15, 0.2) is 18.2 Å². The highest BCUT2D eigenvalue weighted by atomic mass is 19.1. The number of halogens is 1. The van der Waals surface area contributed by atoms with Crippen molar-refractivity contribution in [3.05, 3.63) is 29.6 Å². The fraction of sp³-hybridized carbons (Fsp3) is 0.364. The highest BCUT2D eigenvalue weighted by Gasteiger charge is 2.11. The number of ether oxygens (including phenoxy) is 2. The van der Waals surface area contributed by atoms with Gasteiger partial charge in [-0.15, -0.1) is 0 Å². The average molecular weight is 244 g/mol. The summed E-state index contributed by atoms with van der Waals surface area (Å²) in [6.07, 6.45) is -0.862. The lowest BCUT2D eigenvalue weighted by molar-refractivity contribution is 0.0316. The van der Waals surface area contributed by atoms with E-state index in [9.17, 15) is 14.3 Å². The van der Waals surface area contributed by atoms with Crippen LogP contribution in [0.2, 0.25) is 0 Å². The number of carboxylic acid groups (broad SMARTS) is 1. The van der Waals surface area contributed by atoms with Crippen molar-refractivity contribution in [2.24, 2.45) is 0 Å². The number of benzene rings is 1. The molecule has 1 unspecified atom stereocenters. The third kappa shape index (κ3) is 4.01. The number of hydrogen-bond donors (Lipinski definition) is 2. The van der Waals surface area contributed by atoms with Gasteiger partial charge in [0.1, 0.15) is 12.7 Å². The standard InChI is InChI=1S/C11H13FO5/c1-16-5-8(13)6-17-10-3-2-7(11(14)15)4-9(10)12/h2-4,8,13H,5-6H2,1H3,(H,14,15). The van der Waals surface area contributed by atoms with Gasteiger partial charge in [0, 0.05) is 7.11 Å². The molecule has 0 amide bonds. The maximum Gasteiger partial charge on any atom is 0.335 e. The first kappa shape index (κ1) is 13.4. The second-order valence-corrected chi connectivity index (χ2v) is 3.37. The Morgan fingerprint density at radius 3 is 2.71 bits per heavy atom. The Bertz CT molecular complexity index is 393. The van der Waals surface area contributed by atoms with Crippen molar-refractivity contribution >= 4 is 5.97 Å². The smallest absolute Gasteiger partial charge is 0.335 e. The van der Waals surface area contributed by atoms with Crippen LogP contribution < -0.4 is 4.74 Å². The fourth-order valence-electron chi connectivity index (χ4n) is 1.18. The van der Waals surface area contributed by atoms with Crippen LogP contribution in [-0.2, 0) is 4.74 Å². The van der Waals surface area contributed by atoms with Crippen LogP contribution in [0, 0.1) is 5.82 Å². The largest absolute Gasteiger partial charge is 0.488 e. The maximum absolute atomic E-state index is 13.3. The summed E-state index contributed by atoms with van der Waals surface area (Å²) in [5.41, 5.74) is -0.160. The van der Waals surface area contributed by atoms with E-state index < -0.39 is 17.9 Å². The third-order valence-corrected chi connectivity index (χ3v) is 1.97. The van der Waals surface area contributed by atoms with Crippen LogP contribution in [0.3, 0.4) is 0 Å². The zero-order valence-electron chi connectivity index (χ0n) is 9.22. The molecule has 0 saturated carbocycles. The van der Waals surface area contributed by atoms with Crippen LogP contribution in [-0.4, -0.2) is 42.6 Å². The zero-order chi connectivity index (χ0) is 12.8. The topological polar surface area (TPSA) is 76.0 Å². The molecule has 0 saturated heterocycles. The lowest BCUT2D eigenvalue weighted by atomic mass is 10.2. The third-order valence-electron chi connectivity index (χ3n) is 1.97. The van der Waals surface area contributed by atoms with Crippen LogP contribution in [0.25, 0.3) is 0 Å². The van der Waals surface area contributed by atoms with E-state index in [1.54, 1.807) is 0 Å². The molecule has 0 fully saturated rings. The second-order valence-electron chi connectivity index (χ2n) is 3.37. The van der Waals surface area contributed by atoms with E-state index in [0.29, 0.717) is 0 Å². The van der Waals surface area contributed by atoms with E-state index in [-0.39, 0.29) is 24.5 Å². The monoisotopic (exact) mass is 244 g/mol. The normalized spacial score (nSPS) is 12.2. The van der Waals surface area contributed by atoms with Gasteiger partial charge in [-0.1, -0.05) is 0 Å². The molecule has 0 bridgehead atoms. The van der Waals surface area contributed by atoms with Gasteiger partial charge in [-0.3, -0.25) is 0 Å². The Morgan fingerprint density at radius 1 is 1.47 bits per heavy atom. The predicted octanol–water partition coefficient (Wildman–Crippen LogP) is 0.910. The van der Waals surface area contributed by atoms with Gasteiger partial charge < -0.3 is 19.7 Å². The van der Waals surface area contributed by atoms with Crippen molar-refractivity contribution in [3.63, 3.8) is 0 Å². The Morgan fingerprint density at radius 2 is 2.18 bits per heavy atom. The summed E-state index contributed by atoms with van der Waals surface area (Å²) in [6, 6.07) is 3.29. The molecule has 1 rings (SSSR count). The molecule has 1 aromatic rings. The van der Waals surface area contributed by atoms with E-state index in [1.165, 1.54) is 19.2 Å². The van der Waals surface area contributed by atoms with Crippen molar-refractivity contribution in [2.45, 2.75) is 6.10 Å². The van der Waals surface area contributed by atoms with Crippen molar-refractivity contribution in [3.8, 4) is 5.75 Å². The molecule has 0 aliphatic rings. The molecule has 6 heteroatoms. The lowest BCUT2D eigenvalue weighted by Crippen LogP contribution is -2.22. The summed E-state index contributed by atoms with van der Waals surface area (Å²) in [4.78, 5) is 10.6. The number of hydrogen-bond acceptors (Lipinski definition) is 4. The number of carbonyl (C=O) groups is 1. The Labute approximate surface area is 97.4 Å². The SMILES string of the molecule is COCC(O)COc1ccc(C(=O)O)cc1F. The van der Waals surface area contributed by atoms with Gasteiger partial charge in [0.2, 0.25) is 0 Å². The van der Waals surface area contributed by atoms with Crippen molar-refractivity contribution < 1.29 is 28.9 Å². The minimum atomic E-state index is -1.21. The van der Waals surface area contributed by atoms with Gasteiger partial charge in [-0.2, -0.15) is 0 Å². The summed E-state index contributed by atoms with van der Waals surface area (Å²) in [5.74, 6) is -2.10. The van der Waals surface area contributed by atoms with Crippen molar-refractivity contribution in [1.82, 2.24) is 0 Å². The molecule has 0 radical (unpaired) electrons. The van der Waals surface area contributed by atoms with Crippen LogP contribution in [0.4, 0.5) is 4.39 Å². The fourth-order valence-corrected chi connectivity index (χ4v) is 1.18. The number of aliphatic hydroxyl groups is 1. The second kappa shape index (κ2) is 6.17. The Balaban J connectivity index is 2.63. The van der Waals surface area contributed by atoms with Gasteiger partial charge in [0.15, 0.2) is 11.6 Å². The molecule has 0 aromatic heterocycles.